The molecule has 3 aromatic rings. The lowest BCUT2D eigenvalue weighted by atomic mass is 10.1. The molecule has 0 unspecified atom stereocenters. The molecule has 106 valence electrons. The second-order valence-corrected chi connectivity index (χ2v) is 5.63. The lowest BCUT2D eigenvalue weighted by Crippen LogP contribution is -2.29. The Morgan fingerprint density at radius 3 is 2.90 bits per heavy atom. The van der Waals surface area contributed by atoms with E-state index < -0.39 is 0 Å². The maximum Gasteiger partial charge on any atom is 0.137 e. The van der Waals surface area contributed by atoms with Crippen molar-refractivity contribution in [2.75, 3.05) is 6.61 Å². The number of hydrogen-bond donors (Lipinski definition) is 2. The zero-order chi connectivity index (χ0) is 14.3. The Labute approximate surface area is 122 Å². The molecule has 3 aromatic heterocycles. The van der Waals surface area contributed by atoms with Crippen LogP contribution in [0.25, 0.3) is 22.3 Å². The molecule has 5 nitrogen and oxygen atoms in total. The highest BCUT2D eigenvalue weighted by molar-refractivity contribution is 5.92. The number of pyridine rings is 2. The van der Waals surface area contributed by atoms with Crippen molar-refractivity contribution in [2.45, 2.75) is 18.4 Å². The lowest BCUT2D eigenvalue weighted by Gasteiger charge is -2.10. The van der Waals surface area contributed by atoms with E-state index in [1.54, 1.807) is 12.4 Å². The van der Waals surface area contributed by atoms with Crippen LogP contribution in [0, 0.1) is 0 Å². The average Bonchev–Trinajstić information content (AvgIpc) is 3.11. The van der Waals surface area contributed by atoms with E-state index in [0.29, 0.717) is 6.61 Å². The third kappa shape index (κ3) is 2.36. The Morgan fingerprint density at radius 1 is 1.24 bits per heavy atom. The third-order valence-corrected chi connectivity index (χ3v) is 3.88. The van der Waals surface area contributed by atoms with Gasteiger partial charge < -0.3 is 15.5 Å². The number of fused-ring (bicyclic) bond motifs is 1. The Bertz CT molecular complexity index is 774. The molecule has 0 amide bonds. The number of rotatable bonds is 4. The topological polar surface area (TPSA) is 76.8 Å². The first kappa shape index (κ1) is 12.3. The fourth-order valence-electron chi connectivity index (χ4n) is 2.32. The predicted molar refractivity (Wildman–Crippen MR) is 81.0 cm³/mol. The summed E-state index contributed by atoms with van der Waals surface area (Å²) in [5.41, 5.74) is 8.71. The number of H-pyrrole nitrogens is 1. The Balaban J connectivity index is 1.58. The minimum absolute atomic E-state index is 0.110. The number of nitrogens with zero attached hydrogens (tertiary/aromatic N) is 2. The van der Waals surface area contributed by atoms with Gasteiger partial charge in [-0.2, -0.15) is 0 Å². The van der Waals surface area contributed by atoms with E-state index in [9.17, 15) is 0 Å². The van der Waals surface area contributed by atoms with E-state index in [-0.39, 0.29) is 5.54 Å². The lowest BCUT2D eigenvalue weighted by molar-refractivity contribution is 0.278. The highest BCUT2D eigenvalue weighted by Crippen LogP contribution is 2.33. The highest BCUT2D eigenvalue weighted by Gasteiger charge is 2.39. The van der Waals surface area contributed by atoms with Crippen LogP contribution >= 0.6 is 0 Å². The van der Waals surface area contributed by atoms with Gasteiger partial charge in [-0.3, -0.25) is 4.98 Å². The van der Waals surface area contributed by atoms with Gasteiger partial charge in [0.2, 0.25) is 0 Å². The zero-order valence-corrected chi connectivity index (χ0v) is 11.5. The van der Waals surface area contributed by atoms with E-state index in [4.69, 9.17) is 10.5 Å². The first-order valence-corrected chi connectivity index (χ1v) is 7.04. The average molecular weight is 280 g/mol. The van der Waals surface area contributed by atoms with Crippen molar-refractivity contribution in [3.8, 4) is 17.0 Å². The van der Waals surface area contributed by atoms with Gasteiger partial charge in [-0.25, -0.2) is 4.98 Å². The van der Waals surface area contributed by atoms with Crippen molar-refractivity contribution in [1.82, 2.24) is 15.0 Å². The van der Waals surface area contributed by atoms with Crippen molar-refractivity contribution in [3.05, 3.63) is 42.9 Å². The number of nitrogens with one attached hydrogen (secondary N) is 1. The molecule has 0 bridgehead atoms. The van der Waals surface area contributed by atoms with Gasteiger partial charge in [0, 0.05) is 23.3 Å². The normalized spacial score (nSPS) is 16.0. The fraction of sp³-hybridized carbons (Fsp3) is 0.250. The number of aromatic nitrogens is 3. The van der Waals surface area contributed by atoms with Crippen LogP contribution in [-0.2, 0) is 0 Å². The van der Waals surface area contributed by atoms with Crippen LogP contribution in [0.15, 0.2) is 42.9 Å². The Morgan fingerprint density at radius 2 is 2.14 bits per heavy atom. The minimum Gasteiger partial charge on any atom is -0.490 e. The number of nitrogens with two attached hydrogens (primary N) is 1. The molecule has 0 atom stereocenters. The summed E-state index contributed by atoms with van der Waals surface area (Å²) in [6.45, 7) is 0.561. The molecule has 21 heavy (non-hydrogen) atoms. The summed E-state index contributed by atoms with van der Waals surface area (Å²) in [5, 5.41) is 1.07. The van der Waals surface area contributed by atoms with E-state index in [2.05, 4.69) is 15.0 Å². The van der Waals surface area contributed by atoms with Gasteiger partial charge >= 0.3 is 0 Å². The Kier molecular flexibility index (Phi) is 2.68. The summed E-state index contributed by atoms with van der Waals surface area (Å²) in [7, 11) is 0. The van der Waals surface area contributed by atoms with E-state index >= 15 is 0 Å². The summed E-state index contributed by atoms with van der Waals surface area (Å²) in [4.78, 5) is 11.9. The number of aromatic amines is 1. The first-order chi connectivity index (χ1) is 10.2. The van der Waals surface area contributed by atoms with Gasteiger partial charge in [0.05, 0.1) is 17.4 Å². The number of hydrogen-bond acceptors (Lipinski definition) is 4. The van der Waals surface area contributed by atoms with Gasteiger partial charge in [-0.15, -0.1) is 0 Å². The zero-order valence-electron chi connectivity index (χ0n) is 11.5. The van der Waals surface area contributed by atoms with Crippen LogP contribution in [0.1, 0.15) is 12.8 Å². The van der Waals surface area contributed by atoms with E-state index in [1.807, 2.05) is 30.5 Å². The van der Waals surface area contributed by atoms with Gasteiger partial charge in [0.15, 0.2) is 0 Å². The molecular weight excluding hydrogens is 264 g/mol. The SMILES string of the molecule is NC1(COc2ccc(-c3c[nH]c4ncccc34)nc2)CC1. The maximum absolute atomic E-state index is 6.01. The fourth-order valence-corrected chi connectivity index (χ4v) is 2.32. The van der Waals surface area contributed by atoms with Gasteiger partial charge in [-0.1, -0.05) is 0 Å². The second-order valence-electron chi connectivity index (χ2n) is 5.63. The quantitative estimate of drug-likeness (QED) is 0.769. The summed E-state index contributed by atoms with van der Waals surface area (Å²) in [6, 6.07) is 7.85. The maximum atomic E-state index is 6.01. The van der Waals surface area contributed by atoms with Crippen molar-refractivity contribution in [1.29, 1.82) is 0 Å². The molecule has 5 heteroatoms. The molecule has 1 fully saturated rings. The molecule has 0 aromatic carbocycles. The summed E-state index contributed by atoms with van der Waals surface area (Å²) in [6.07, 6.45) is 7.53. The molecule has 1 aliphatic carbocycles. The molecule has 3 heterocycles. The third-order valence-electron chi connectivity index (χ3n) is 3.88. The molecule has 0 aliphatic heterocycles. The van der Waals surface area contributed by atoms with Gasteiger partial charge in [0.1, 0.15) is 18.0 Å². The second kappa shape index (κ2) is 4.56. The van der Waals surface area contributed by atoms with Crippen molar-refractivity contribution in [2.24, 2.45) is 5.73 Å². The van der Waals surface area contributed by atoms with Crippen LogP contribution in [0.3, 0.4) is 0 Å². The molecule has 1 aliphatic rings. The van der Waals surface area contributed by atoms with Gasteiger partial charge in [0.25, 0.3) is 0 Å². The summed E-state index contributed by atoms with van der Waals surface area (Å²) < 4.78 is 5.69. The number of ether oxygens (including phenoxy) is 1. The van der Waals surface area contributed by atoms with Crippen molar-refractivity contribution < 1.29 is 4.74 Å². The predicted octanol–water partition coefficient (Wildman–Crippen LogP) is 2.50. The van der Waals surface area contributed by atoms with Crippen LogP contribution in [-0.4, -0.2) is 27.1 Å². The molecule has 3 N–H and O–H groups in total. The smallest absolute Gasteiger partial charge is 0.137 e. The van der Waals surface area contributed by atoms with Gasteiger partial charge in [-0.05, 0) is 37.1 Å². The largest absolute Gasteiger partial charge is 0.490 e. The van der Waals surface area contributed by atoms with Crippen molar-refractivity contribution >= 4 is 11.0 Å². The molecule has 4 rings (SSSR count). The summed E-state index contributed by atoms with van der Waals surface area (Å²) in [5.74, 6) is 0.758. The minimum atomic E-state index is -0.110. The standard InChI is InChI=1S/C16H16N4O/c17-16(5-6-16)10-21-11-3-4-14(19-8-11)13-9-20-15-12(13)2-1-7-18-15/h1-4,7-9H,5-6,10,17H2,(H,18,20). The summed E-state index contributed by atoms with van der Waals surface area (Å²) >= 11 is 0. The molecule has 0 spiro atoms. The molecular formula is C16H16N4O. The van der Waals surface area contributed by atoms with Crippen LogP contribution in [0.2, 0.25) is 0 Å². The monoisotopic (exact) mass is 280 g/mol. The van der Waals surface area contributed by atoms with Crippen LogP contribution in [0.4, 0.5) is 0 Å². The first-order valence-electron chi connectivity index (χ1n) is 7.04. The van der Waals surface area contributed by atoms with Crippen LogP contribution in [0.5, 0.6) is 5.75 Å². The van der Waals surface area contributed by atoms with E-state index in [1.165, 1.54) is 0 Å². The molecule has 0 radical (unpaired) electrons. The molecule has 0 saturated heterocycles. The van der Waals surface area contributed by atoms with E-state index in [0.717, 1.165) is 40.9 Å². The Hall–Kier alpha value is -2.40. The van der Waals surface area contributed by atoms with Crippen molar-refractivity contribution in [3.63, 3.8) is 0 Å². The molecule has 1 saturated carbocycles. The highest BCUT2D eigenvalue weighted by atomic mass is 16.5. The van der Waals surface area contributed by atoms with Crippen LogP contribution < -0.4 is 10.5 Å².